The van der Waals surface area contributed by atoms with E-state index in [0.29, 0.717) is 36.4 Å². The Labute approximate surface area is 246 Å². The van der Waals surface area contributed by atoms with E-state index in [1.807, 2.05) is 63.2 Å². The molecule has 1 heterocycles. The van der Waals surface area contributed by atoms with E-state index in [4.69, 9.17) is 4.74 Å². The van der Waals surface area contributed by atoms with Crippen molar-refractivity contribution in [1.82, 2.24) is 9.21 Å². The normalized spacial score (nSPS) is 14.3. The van der Waals surface area contributed by atoms with E-state index in [9.17, 15) is 13.2 Å². The van der Waals surface area contributed by atoms with Crippen LogP contribution in [0.1, 0.15) is 80.1 Å². The number of carbonyl (C=O) groups excluding carboxylic acids is 1. The molecular weight excluding hydrogens is 532 g/mol. The first kappa shape index (κ1) is 30.9. The molecule has 0 unspecified atom stereocenters. The molecule has 6 nitrogen and oxygen atoms in total. The predicted molar refractivity (Wildman–Crippen MR) is 165 cm³/mol. The van der Waals surface area contributed by atoms with E-state index >= 15 is 0 Å². The topological polar surface area (TPSA) is 66.9 Å². The highest BCUT2D eigenvalue weighted by atomic mass is 32.2. The van der Waals surface area contributed by atoms with E-state index in [1.165, 1.54) is 9.87 Å². The third-order valence-electron chi connectivity index (χ3n) is 7.61. The molecule has 0 saturated heterocycles. The van der Waals surface area contributed by atoms with Crippen LogP contribution >= 0.6 is 0 Å². The standard InChI is InChI=1S/C34H44N2O4S/c1-25(2)40-31-15-11-27(12-16-31)23-35(34(4,5)6)20-7-8-33(37)29-13-14-30-24-36(21-19-28(30)22-29)41(38,39)32-17-9-26(3)10-18-32/h9-18,22,25H,7-8,19-21,23-24H2,1-6H3. The van der Waals surface area contributed by atoms with Crippen molar-refractivity contribution in [3.05, 3.63) is 94.5 Å². The van der Waals surface area contributed by atoms with Gasteiger partial charge in [-0.3, -0.25) is 9.69 Å². The van der Waals surface area contributed by atoms with Gasteiger partial charge in [0.25, 0.3) is 0 Å². The van der Waals surface area contributed by atoms with Gasteiger partial charge in [-0.15, -0.1) is 0 Å². The second-order valence-corrected chi connectivity index (χ2v) is 14.3. The van der Waals surface area contributed by atoms with E-state index in [1.54, 1.807) is 12.1 Å². The number of hydrogen-bond acceptors (Lipinski definition) is 5. The average molecular weight is 577 g/mol. The number of benzene rings is 3. The van der Waals surface area contributed by atoms with Crippen LogP contribution in [0.5, 0.6) is 5.75 Å². The van der Waals surface area contributed by atoms with Crippen LogP contribution in [0.15, 0.2) is 71.6 Å². The van der Waals surface area contributed by atoms with Gasteiger partial charge in [-0.1, -0.05) is 42.0 Å². The van der Waals surface area contributed by atoms with Crippen LogP contribution in [0.3, 0.4) is 0 Å². The number of ketones is 1. The Morgan fingerprint density at radius 1 is 0.976 bits per heavy atom. The van der Waals surface area contributed by atoms with Crippen LogP contribution in [0.2, 0.25) is 0 Å². The molecule has 1 aliphatic rings. The van der Waals surface area contributed by atoms with E-state index in [0.717, 1.165) is 42.0 Å². The molecule has 0 spiro atoms. The molecule has 0 aromatic heterocycles. The van der Waals surface area contributed by atoms with Crippen LogP contribution in [-0.4, -0.2) is 48.1 Å². The van der Waals surface area contributed by atoms with E-state index < -0.39 is 10.0 Å². The molecule has 220 valence electrons. The fourth-order valence-corrected chi connectivity index (χ4v) is 6.58. The first-order valence-corrected chi connectivity index (χ1v) is 16.0. The maximum atomic E-state index is 13.2. The van der Waals surface area contributed by atoms with Gasteiger partial charge in [0.2, 0.25) is 10.0 Å². The number of nitrogens with zero attached hydrogens (tertiary/aromatic N) is 2. The number of hydrogen-bond donors (Lipinski definition) is 0. The summed E-state index contributed by atoms with van der Waals surface area (Å²) in [7, 11) is -3.55. The fraction of sp³-hybridized carbons (Fsp3) is 0.441. The molecule has 0 fully saturated rings. The summed E-state index contributed by atoms with van der Waals surface area (Å²) < 4.78 is 33.6. The van der Waals surface area contributed by atoms with Crippen molar-refractivity contribution in [1.29, 1.82) is 0 Å². The van der Waals surface area contributed by atoms with Crippen molar-refractivity contribution in [2.24, 2.45) is 0 Å². The summed E-state index contributed by atoms with van der Waals surface area (Å²) >= 11 is 0. The second-order valence-electron chi connectivity index (χ2n) is 12.3. The highest BCUT2D eigenvalue weighted by Gasteiger charge is 2.29. The van der Waals surface area contributed by atoms with Crippen LogP contribution in [0.4, 0.5) is 0 Å². The SMILES string of the molecule is Cc1ccc(S(=O)(=O)N2CCc3cc(C(=O)CCCN(Cc4ccc(OC(C)C)cc4)C(C)(C)C)ccc3C2)cc1. The smallest absolute Gasteiger partial charge is 0.243 e. The third kappa shape index (κ3) is 8.06. The highest BCUT2D eigenvalue weighted by molar-refractivity contribution is 7.89. The predicted octanol–water partition coefficient (Wildman–Crippen LogP) is 6.79. The number of Topliss-reactive ketones (excluding diaryl/α,β-unsaturated/α-hetero) is 1. The molecule has 0 bridgehead atoms. The summed E-state index contributed by atoms with van der Waals surface area (Å²) in [6.07, 6.45) is 1.99. The Morgan fingerprint density at radius 3 is 2.29 bits per heavy atom. The summed E-state index contributed by atoms with van der Waals surface area (Å²) in [5.41, 5.74) is 4.95. The van der Waals surface area contributed by atoms with Crippen LogP contribution in [0.25, 0.3) is 0 Å². The van der Waals surface area contributed by atoms with Crippen molar-refractivity contribution in [2.45, 2.75) is 90.4 Å². The minimum absolute atomic E-state index is 0.0350. The zero-order valence-corrected chi connectivity index (χ0v) is 26.1. The van der Waals surface area contributed by atoms with Crippen molar-refractivity contribution in [2.75, 3.05) is 13.1 Å². The lowest BCUT2D eigenvalue weighted by Crippen LogP contribution is -2.41. The largest absolute Gasteiger partial charge is 0.491 e. The Balaban J connectivity index is 1.34. The Bertz CT molecular complexity index is 1440. The Kier molecular flexibility index (Phi) is 9.73. The summed E-state index contributed by atoms with van der Waals surface area (Å²) in [5.74, 6) is 1.01. The molecule has 3 aromatic rings. The van der Waals surface area contributed by atoms with Crippen molar-refractivity contribution >= 4 is 15.8 Å². The van der Waals surface area contributed by atoms with Gasteiger partial charge in [0.15, 0.2) is 5.78 Å². The Hall–Kier alpha value is -3.00. The molecule has 4 rings (SSSR count). The van der Waals surface area contributed by atoms with Gasteiger partial charge in [0.1, 0.15) is 5.75 Å². The number of aryl methyl sites for hydroxylation is 1. The molecule has 0 N–H and O–H groups in total. The number of fused-ring (bicyclic) bond motifs is 1. The molecule has 0 saturated carbocycles. The summed E-state index contributed by atoms with van der Waals surface area (Å²) in [6, 6.07) is 21.0. The zero-order valence-electron chi connectivity index (χ0n) is 25.3. The summed E-state index contributed by atoms with van der Waals surface area (Å²) in [6.45, 7) is 15.0. The number of carbonyl (C=O) groups is 1. The minimum atomic E-state index is -3.55. The minimum Gasteiger partial charge on any atom is -0.491 e. The third-order valence-corrected chi connectivity index (χ3v) is 9.47. The quantitative estimate of drug-likeness (QED) is 0.235. The monoisotopic (exact) mass is 576 g/mol. The zero-order chi connectivity index (χ0) is 29.8. The fourth-order valence-electron chi connectivity index (χ4n) is 5.16. The molecule has 41 heavy (non-hydrogen) atoms. The lowest BCUT2D eigenvalue weighted by atomic mass is 9.95. The molecule has 3 aromatic carbocycles. The molecular formula is C34H44N2O4S. The lowest BCUT2D eigenvalue weighted by Gasteiger charge is -2.36. The van der Waals surface area contributed by atoms with Crippen LogP contribution < -0.4 is 4.74 Å². The first-order chi connectivity index (χ1) is 19.3. The van der Waals surface area contributed by atoms with E-state index in [-0.39, 0.29) is 17.4 Å². The number of rotatable bonds is 11. The van der Waals surface area contributed by atoms with Crippen LogP contribution in [0, 0.1) is 6.92 Å². The molecule has 0 atom stereocenters. The van der Waals surface area contributed by atoms with Crippen molar-refractivity contribution in [3.63, 3.8) is 0 Å². The van der Waals surface area contributed by atoms with Gasteiger partial charge in [0, 0.05) is 37.2 Å². The van der Waals surface area contributed by atoms with Crippen molar-refractivity contribution < 1.29 is 17.9 Å². The van der Waals surface area contributed by atoms with E-state index in [2.05, 4.69) is 37.8 Å². The number of sulfonamides is 1. The second kappa shape index (κ2) is 12.9. The lowest BCUT2D eigenvalue weighted by molar-refractivity contribution is 0.0945. The van der Waals surface area contributed by atoms with Gasteiger partial charge in [-0.25, -0.2) is 8.42 Å². The van der Waals surface area contributed by atoms with Crippen molar-refractivity contribution in [3.8, 4) is 5.75 Å². The molecule has 1 aliphatic heterocycles. The summed E-state index contributed by atoms with van der Waals surface area (Å²) in [4.78, 5) is 15.9. The van der Waals surface area contributed by atoms with Gasteiger partial charge < -0.3 is 4.74 Å². The Morgan fingerprint density at radius 2 is 1.66 bits per heavy atom. The first-order valence-electron chi connectivity index (χ1n) is 14.6. The number of ether oxygens (including phenoxy) is 1. The molecule has 7 heteroatoms. The average Bonchev–Trinajstić information content (AvgIpc) is 2.92. The molecule has 0 radical (unpaired) electrons. The molecule has 0 amide bonds. The molecule has 0 aliphatic carbocycles. The maximum absolute atomic E-state index is 13.2. The highest BCUT2D eigenvalue weighted by Crippen LogP contribution is 2.27. The van der Waals surface area contributed by atoms with Gasteiger partial charge in [-0.05, 0) is 108 Å². The maximum Gasteiger partial charge on any atom is 0.243 e. The van der Waals surface area contributed by atoms with Gasteiger partial charge >= 0.3 is 0 Å². The summed E-state index contributed by atoms with van der Waals surface area (Å²) in [5, 5.41) is 0. The van der Waals surface area contributed by atoms with Gasteiger partial charge in [0.05, 0.1) is 11.0 Å². The van der Waals surface area contributed by atoms with Gasteiger partial charge in [-0.2, -0.15) is 4.31 Å². The van der Waals surface area contributed by atoms with Crippen LogP contribution in [-0.2, 0) is 29.5 Å².